The van der Waals surface area contributed by atoms with Crippen LogP contribution in [0.1, 0.15) is 34.0 Å². The van der Waals surface area contributed by atoms with E-state index < -0.39 is 0 Å². The molecule has 0 spiro atoms. The van der Waals surface area contributed by atoms with Crippen LogP contribution in [0, 0.1) is 6.92 Å². The lowest BCUT2D eigenvalue weighted by atomic mass is 9.96. The summed E-state index contributed by atoms with van der Waals surface area (Å²) in [5.41, 5.74) is 4.39. The van der Waals surface area contributed by atoms with Gasteiger partial charge in [0.15, 0.2) is 5.13 Å². The predicted molar refractivity (Wildman–Crippen MR) is 106 cm³/mol. The Labute approximate surface area is 156 Å². The maximum Gasteiger partial charge on any atom is 0.190 e. The third kappa shape index (κ3) is 2.90. The fourth-order valence-electron chi connectivity index (χ4n) is 3.39. The summed E-state index contributed by atoms with van der Waals surface area (Å²) in [7, 11) is 0. The first-order chi connectivity index (χ1) is 12.0. The summed E-state index contributed by atoms with van der Waals surface area (Å²) in [6.07, 6.45) is 10.2. The highest BCUT2D eigenvalue weighted by atomic mass is 35.5. The molecule has 0 saturated carbocycles. The average molecular weight is 371 g/mol. The fraction of sp³-hybridized carbons (Fsp3) is 0.250. The molecule has 1 unspecified atom stereocenters. The second-order valence-electron chi connectivity index (χ2n) is 6.44. The monoisotopic (exact) mass is 370 g/mol. The number of benzene rings is 1. The van der Waals surface area contributed by atoms with Crippen LogP contribution in [-0.4, -0.2) is 16.6 Å². The van der Waals surface area contributed by atoms with Gasteiger partial charge in [-0.1, -0.05) is 53.8 Å². The zero-order valence-corrected chi connectivity index (χ0v) is 15.6. The molecule has 0 radical (unpaired) electrons. The highest BCUT2D eigenvalue weighted by molar-refractivity contribution is 7.16. The molecule has 0 bridgehead atoms. The van der Waals surface area contributed by atoms with E-state index in [1.165, 1.54) is 16.9 Å². The molecule has 1 aliphatic carbocycles. The van der Waals surface area contributed by atoms with Crippen LogP contribution in [0.4, 0.5) is 10.8 Å². The molecule has 1 aliphatic heterocycles. The molecule has 0 saturated heterocycles. The van der Waals surface area contributed by atoms with Gasteiger partial charge in [0, 0.05) is 23.2 Å². The summed E-state index contributed by atoms with van der Waals surface area (Å²) in [6, 6.07) is 4.18. The van der Waals surface area contributed by atoms with E-state index in [2.05, 4.69) is 35.8 Å². The van der Waals surface area contributed by atoms with Crippen molar-refractivity contribution >= 4 is 39.5 Å². The quantitative estimate of drug-likeness (QED) is 0.680. The van der Waals surface area contributed by atoms with Gasteiger partial charge in [-0.05, 0) is 43.0 Å². The van der Waals surface area contributed by atoms with Crippen molar-refractivity contribution in [3.05, 3.63) is 69.7 Å². The summed E-state index contributed by atoms with van der Waals surface area (Å²) in [6.45, 7) is 6.63. The number of thiazole rings is 1. The van der Waals surface area contributed by atoms with E-state index >= 15 is 0 Å². The van der Waals surface area contributed by atoms with Crippen LogP contribution in [0.2, 0.25) is 5.02 Å². The van der Waals surface area contributed by atoms with Gasteiger partial charge >= 0.3 is 0 Å². The lowest BCUT2D eigenvalue weighted by Crippen LogP contribution is -2.13. The Kier molecular flexibility index (Phi) is 4.18. The van der Waals surface area contributed by atoms with E-state index in [1.54, 1.807) is 0 Å². The molecule has 1 aromatic carbocycles. The van der Waals surface area contributed by atoms with Crippen LogP contribution in [0.5, 0.6) is 0 Å². The molecular weight excluding hydrogens is 352 g/mol. The molecule has 4 rings (SSSR count). The Bertz CT molecular complexity index is 913. The van der Waals surface area contributed by atoms with Crippen molar-refractivity contribution in [1.29, 1.82) is 0 Å². The van der Waals surface area contributed by atoms with Crippen LogP contribution >= 0.6 is 22.9 Å². The van der Waals surface area contributed by atoms with Crippen molar-refractivity contribution < 1.29 is 5.11 Å². The summed E-state index contributed by atoms with van der Waals surface area (Å²) >= 11 is 7.77. The minimum absolute atomic E-state index is 0.0911. The van der Waals surface area contributed by atoms with Gasteiger partial charge in [0.2, 0.25) is 0 Å². The van der Waals surface area contributed by atoms with Gasteiger partial charge in [0.05, 0.1) is 10.6 Å². The first-order valence-corrected chi connectivity index (χ1v) is 9.53. The average Bonchev–Trinajstić information content (AvgIpc) is 3.20. The number of hydrogen-bond donors (Lipinski definition) is 1. The zero-order chi connectivity index (χ0) is 17.6. The number of anilines is 2. The fourth-order valence-corrected chi connectivity index (χ4v) is 4.62. The molecule has 2 aromatic rings. The van der Waals surface area contributed by atoms with Gasteiger partial charge in [-0.2, -0.15) is 0 Å². The number of fused-ring (bicyclic) bond motifs is 1. The number of aliphatic hydroxyl groups excluding tert-OH is 1. The van der Waals surface area contributed by atoms with Crippen LogP contribution in [-0.2, 0) is 6.42 Å². The first kappa shape index (κ1) is 16.4. The minimum Gasteiger partial charge on any atom is -0.507 e. The Balaban J connectivity index is 1.76. The number of hydrogen-bond acceptors (Lipinski definition) is 4. The molecule has 128 valence electrons. The maximum atomic E-state index is 10.1. The molecule has 2 aliphatic rings. The highest BCUT2D eigenvalue weighted by Gasteiger charge is 2.27. The van der Waals surface area contributed by atoms with Gasteiger partial charge in [-0.15, -0.1) is 0 Å². The molecule has 2 heterocycles. The Hall–Kier alpha value is -2.04. The number of allylic oxidation sites excluding steroid dienone is 4. The van der Waals surface area contributed by atoms with Crippen molar-refractivity contribution in [2.24, 2.45) is 0 Å². The number of nitrogens with zero attached hydrogens (tertiary/aromatic N) is 2. The Morgan fingerprint density at radius 2 is 2.24 bits per heavy atom. The molecule has 5 heteroatoms. The van der Waals surface area contributed by atoms with Gasteiger partial charge in [-0.3, -0.25) is 0 Å². The molecule has 1 atom stereocenters. The molecular formula is C20H19ClN2OS. The number of halogens is 1. The van der Waals surface area contributed by atoms with Gasteiger partial charge in [0.25, 0.3) is 0 Å². The van der Waals surface area contributed by atoms with E-state index in [0.29, 0.717) is 0 Å². The topological polar surface area (TPSA) is 36.4 Å². The van der Waals surface area contributed by atoms with Crippen molar-refractivity contribution in [2.75, 3.05) is 11.4 Å². The number of aliphatic hydroxyl groups is 1. The SMILES string of the molecule is C=C(O)c1sc(N2CCc3cc(Cl)c(C)cc32)nc1C1C=CC=CC1. The number of rotatable bonds is 3. The molecule has 1 aromatic heterocycles. The van der Waals surface area contributed by atoms with Crippen molar-refractivity contribution in [2.45, 2.75) is 25.7 Å². The Morgan fingerprint density at radius 1 is 1.40 bits per heavy atom. The number of aromatic nitrogens is 1. The Morgan fingerprint density at radius 3 is 2.96 bits per heavy atom. The lowest BCUT2D eigenvalue weighted by Gasteiger charge is -2.17. The highest BCUT2D eigenvalue weighted by Crippen LogP contribution is 2.43. The van der Waals surface area contributed by atoms with Crippen molar-refractivity contribution in [3.63, 3.8) is 0 Å². The van der Waals surface area contributed by atoms with E-state index in [-0.39, 0.29) is 11.7 Å². The van der Waals surface area contributed by atoms with E-state index in [4.69, 9.17) is 16.6 Å². The van der Waals surface area contributed by atoms with Crippen molar-refractivity contribution in [3.8, 4) is 0 Å². The second-order valence-corrected chi connectivity index (χ2v) is 7.83. The summed E-state index contributed by atoms with van der Waals surface area (Å²) in [4.78, 5) is 7.89. The zero-order valence-electron chi connectivity index (χ0n) is 14.0. The van der Waals surface area contributed by atoms with E-state index in [1.807, 2.05) is 19.1 Å². The molecule has 0 fully saturated rings. The van der Waals surface area contributed by atoms with Crippen LogP contribution in [0.3, 0.4) is 0 Å². The van der Waals surface area contributed by atoms with Gasteiger partial charge in [0.1, 0.15) is 5.76 Å². The minimum atomic E-state index is 0.0911. The molecule has 0 amide bonds. The van der Waals surface area contributed by atoms with Gasteiger partial charge in [-0.25, -0.2) is 4.98 Å². The molecule has 1 N–H and O–H groups in total. The van der Waals surface area contributed by atoms with E-state index in [9.17, 15) is 5.11 Å². The van der Waals surface area contributed by atoms with Crippen LogP contribution in [0.25, 0.3) is 5.76 Å². The maximum absolute atomic E-state index is 10.1. The molecule has 3 nitrogen and oxygen atoms in total. The summed E-state index contributed by atoms with van der Waals surface area (Å²) < 4.78 is 0. The van der Waals surface area contributed by atoms with Crippen LogP contribution in [0.15, 0.2) is 43.0 Å². The largest absolute Gasteiger partial charge is 0.507 e. The summed E-state index contributed by atoms with van der Waals surface area (Å²) in [5.74, 6) is 0.274. The standard InChI is InChI=1S/C20H19ClN2OS/c1-12-10-17-15(11-16(12)21)8-9-23(17)20-22-18(19(25-20)13(2)24)14-6-4-3-5-7-14/h3-6,10-11,14,24H,2,7-9H2,1H3. The second kappa shape index (κ2) is 6.36. The van der Waals surface area contributed by atoms with Gasteiger partial charge < -0.3 is 10.0 Å². The third-order valence-electron chi connectivity index (χ3n) is 4.72. The van der Waals surface area contributed by atoms with Crippen molar-refractivity contribution in [1.82, 2.24) is 4.98 Å². The third-order valence-corrected chi connectivity index (χ3v) is 6.27. The number of aryl methyl sites for hydroxylation is 1. The lowest BCUT2D eigenvalue weighted by molar-refractivity contribution is 0.514. The van der Waals surface area contributed by atoms with Crippen LogP contribution < -0.4 is 4.90 Å². The summed E-state index contributed by atoms with van der Waals surface area (Å²) in [5, 5.41) is 11.8. The first-order valence-electron chi connectivity index (χ1n) is 8.33. The van der Waals surface area contributed by atoms with E-state index in [0.717, 1.165) is 51.4 Å². The predicted octanol–water partition coefficient (Wildman–Crippen LogP) is 5.93. The smallest absolute Gasteiger partial charge is 0.190 e. The molecule has 25 heavy (non-hydrogen) atoms. The normalized spacial score (nSPS) is 18.6.